The highest BCUT2D eigenvalue weighted by atomic mass is 16.5. The van der Waals surface area contributed by atoms with E-state index in [1.165, 1.54) is 10.5 Å². The maximum atomic E-state index is 12.6. The number of carbonyl (C=O) groups is 2. The Morgan fingerprint density at radius 3 is 2.48 bits per heavy atom. The van der Waals surface area contributed by atoms with Crippen molar-refractivity contribution in [2.75, 3.05) is 18.0 Å². The number of benzene rings is 2. The lowest BCUT2D eigenvalue weighted by Crippen LogP contribution is -2.49. The summed E-state index contributed by atoms with van der Waals surface area (Å²) >= 11 is 0. The van der Waals surface area contributed by atoms with Gasteiger partial charge < -0.3 is 10.1 Å². The Morgan fingerprint density at radius 1 is 1.11 bits per heavy atom. The standard InChI is InChI=1S/C22H26N2O3/c1-15(2)18(17-9-5-4-6-10-17)13-23-21(25)14-24-19-11-7-8-12-20(19)27-16(3)22(24)26/h4-12,15-16,18H,13-14H2,1-3H3,(H,23,25). The van der Waals surface area contributed by atoms with Gasteiger partial charge in [0.15, 0.2) is 6.10 Å². The number of ether oxygens (including phenoxy) is 1. The molecule has 5 heteroatoms. The first-order valence-electron chi connectivity index (χ1n) is 9.36. The first-order chi connectivity index (χ1) is 13.0. The van der Waals surface area contributed by atoms with Gasteiger partial charge in [0.2, 0.25) is 5.91 Å². The maximum absolute atomic E-state index is 12.6. The van der Waals surface area contributed by atoms with Crippen molar-refractivity contribution in [3.05, 3.63) is 60.2 Å². The fourth-order valence-corrected chi connectivity index (χ4v) is 3.38. The zero-order valence-electron chi connectivity index (χ0n) is 16.0. The Morgan fingerprint density at radius 2 is 1.78 bits per heavy atom. The molecule has 0 saturated carbocycles. The molecule has 2 aromatic carbocycles. The lowest BCUT2D eigenvalue weighted by Gasteiger charge is -2.32. The largest absolute Gasteiger partial charge is 0.479 e. The van der Waals surface area contributed by atoms with Crippen molar-refractivity contribution in [2.24, 2.45) is 5.92 Å². The van der Waals surface area contributed by atoms with Crippen LogP contribution in [0.4, 0.5) is 5.69 Å². The van der Waals surface area contributed by atoms with E-state index in [4.69, 9.17) is 4.74 Å². The summed E-state index contributed by atoms with van der Waals surface area (Å²) < 4.78 is 5.62. The molecule has 2 unspecified atom stereocenters. The molecule has 0 fully saturated rings. The monoisotopic (exact) mass is 366 g/mol. The second-order valence-corrected chi connectivity index (χ2v) is 7.22. The minimum atomic E-state index is -0.597. The molecule has 5 nitrogen and oxygen atoms in total. The van der Waals surface area contributed by atoms with Crippen LogP contribution in [0.25, 0.3) is 0 Å². The quantitative estimate of drug-likeness (QED) is 0.853. The summed E-state index contributed by atoms with van der Waals surface area (Å²) in [5.41, 5.74) is 1.84. The van der Waals surface area contributed by atoms with E-state index in [1.54, 1.807) is 13.0 Å². The highest BCUT2D eigenvalue weighted by Crippen LogP contribution is 2.33. The number of amides is 2. The van der Waals surface area contributed by atoms with Crippen molar-refractivity contribution in [1.82, 2.24) is 5.32 Å². The number of hydrogen-bond acceptors (Lipinski definition) is 3. The second kappa shape index (κ2) is 8.25. The van der Waals surface area contributed by atoms with E-state index in [0.717, 1.165) is 0 Å². The van der Waals surface area contributed by atoms with Crippen LogP contribution in [-0.4, -0.2) is 31.0 Å². The van der Waals surface area contributed by atoms with E-state index in [0.29, 0.717) is 23.9 Å². The van der Waals surface area contributed by atoms with E-state index >= 15 is 0 Å². The van der Waals surface area contributed by atoms with Crippen molar-refractivity contribution in [2.45, 2.75) is 32.8 Å². The van der Waals surface area contributed by atoms with Crippen LogP contribution in [0, 0.1) is 5.92 Å². The Balaban J connectivity index is 1.67. The number of anilines is 1. The van der Waals surface area contributed by atoms with Crippen molar-refractivity contribution in [1.29, 1.82) is 0 Å². The first kappa shape index (κ1) is 19.0. The Bertz CT molecular complexity index is 804. The fourth-order valence-electron chi connectivity index (χ4n) is 3.38. The lowest BCUT2D eigenvalue weighted by atomic mass is 9.88. The summed E-state index contributed by atoms with van der Waals surface area (Å²) in [7, 11) is 0. The predicted molar refractivity (Wildman–Crippen MR) is 106 cm³/mol. The topological polar surface area (TPSA) is 58.6 Å². The SMILES string of the molecule is CC1Oc2ccccc2N(CC(=O)NCC(c2ccccc2)C(C)C)C1=O. The van der Waals surface area contributed by atoms with Crippen LogP contribution in [0.1, 0.15) is 32.3 Å². The smallest absolute Gasteiger partial charge is 0.268 e. The summed E-state index contributed by atoms with van der Waals surface area (Å²) in [5.74, 6) is 0.864. The molecule has 3 rings (SSSR count). The van der Waals surface area contributed by atoms with E-state index in [9.17, 15) is 9.59 Å². The van der Waals surface area contributed by atoms with Crippen LogP contribution < -0.4 is 15.0 Å². The van der Waals surface area contributed by atoms with Gasteiger partial charge in [-0.25, -0.2) is 0 Å². The van der Waals surface area contributed by atoms with Gasteiger partial charge in [-0.15, -0.1) is 0 Å². The number of carbonyl (C=O) groups excluding carboxylic acids is 2. The minimum Gasteiger partial charge on any atom is -0.479 e. The zero-order chi connectivity index (χ0) is 19.4. The van der Waals surface area contributed by atoms with Gasteiger partial charge in [0.1, 0.15) is 12.3 Å². The Hall–Kier alpha value is -2.82. The molecule has 0 bridgehead atoms. The molecule has 2 aromatic rings. The van der Waals surface area contributed by atoms with Crippen molar-refractivity contribution < 1.29 is 14.3 Å². The van der Waals surface area contributed by atoms with Gasteiger partial charge in [0, 0.05) is 12.5 Å². The summed E-state index contributed by atoms with van der Waals surface area (Å²) in [6.45, 7) is 6.52. The number of para-hydroxylation sites is 2. The number of nitrogens with zero attached hydrogens (tertiary/aromatic N) is 1. The third-order valence-electron chi connectivity index (χ3n) is 4.93. The van der Waals surface area contributed by atoms with Crippen molar-refractivity contribution in [3.63, 3.8) is 0 Å². The van der Waals surface area contributed by atoms with Crippen LogP contribution in [0.5, 0.6) is 5.75 Å². The Labute approximate surface area is 160 Å². The molecule has 0 aliphatic carbocycles. The highest BCUT2D eigenvalue weighted by molar-refractivity contribution is 6.03. The molecule has 1 aliphatic heterocycles. The molecule has 0 radical (unpaired) electrons. The van der Waals surface area contributed by atoms with Gasteiger partial charge in [0.05, 0.1) is 5.69 Å². The van der Waals surface area contributed by atoms with Crippen LogP contribution >= 0.6 is 0 Å². The van der Waals surface area contributed by atoms with Crippen molar-refractivity contribution in [3.8, 4) is 5.75 Å². The Kier molecular flexibility index (Phi) is 5.79. The molecule has 1 N–H and O–H groups in total. The molecule has 27 heavy (non-hydrogen) atoms. The van der Waals surface area contributed by atoms with Crippen LogP contribution in [0.15, 0.2) is 54.6 Å². The van der Waals surface area contributed by atoms with E-state index in [-0.39, 0.29) is 24.3 Å². The van der Waals surface area contributed by atoms with Gasteiger partial charge in [-0.2, -0.15) is 0 Å². The first-order valence-corrected chi connectivity index (χ1v) is 9.36. The molecule has 142 valence electrons. The number of nitrogens with one attached hydrogen (secondary N) is 1. The molecule has 1 aliphatic rings. The second-order valence-electron chi connectivity index (χ2n) is 7.22. The molecule has 2 atom stereocenters. The average Bonchev–Trinajstić information content (AvgIpc) is 2.66. The summed E-state index contributed by atoms with van der Waals surface area (Å²) in [5, 5.41) is 3.00. The molecular formula is C22H26N2O3. The van der Waals surface area contributed by atoms with Gasteiger partial charge in [0.25, 0.3) is 5.91 Å². The van der Waals surface area contributed by atoms with Gasteiger partial charge in [-0.3, -0.25) is 14.5 Å². The summed E-state index contributed by atoms with van der Waals surface area (Å²) in [4.78, 5) is 26.6. The summed E-state index contributed by atoms with van der Waals surface area (Å²) in [6.07, 6.45) is -0.597. The third-order valence-corrected chi connectivity index (χ3v) is 4.93. The molecule has 2 amide bonds. The number of rotatable bonds is 6. The molecule has 0 aromatic heterocycles. The fraction of sp³-hybridized carbons (Fsp3) is 0.364. The third kappa shape index (κ3) is 4.30. The molecule has 1 heterocycles. The molecular weight excluding hydrogens is 340 g/mol. The summed E-state index contributed by atoms with van der Waals surface area (Å²) in [6, 6.07) is 17.5. The number of hydrogen-bond donors (Lipinski definition) is 1. The molecule has 0 saturated heterocycles. The van der Waals surface area contributed by atoms with Gasteiger partial charge >= 0.3 is 0 Å². The zero-order valence-corrected chi connectivity index (χ0v) is 16.0. The van der Waals surface area contributed by atoms with Crippen LogP contribution in [0.2, 0.25) is 0 Å². The highest BCUT2D eigenvalue weighted by Gasteiger charge is 2.32. The van der Waals surface area contributed by atoms with E-state index in [1.807, 2.05) is 36.4 Å². The van der Waals surface area contributed by atoms with Gasteiger partial charge in [-0.1, -0.05) is 56.3 Å². The van der Waals surface area contributed by atoms with E-state index < -0.39 is 6.10 Å². The van der Waals surface area contributed by atoms with Crippen LogP contribution in [0.3, 0.4) is 0 Å². The average molecular weight is 366 g/mol. The predicted octanol–water partition coefficient (Wildman–Crippen LogP) is 3.36. The maximum Gasteiger partial charge on any atom is 0.268 e. The van der Waals surface area contributed by atoms with Crippen LogP contribution in [-0.2, 0) is 9.59 Å². The minimum absolute atomic E-state index is 0.0108. The van der Waals surface area contributed by atoms with Gasteiger partial charge in [-0.05, 0) is 30.5 Å². The number of fused-ring (bicyclic) bond motifs is 1. The van der Waals surface area contributed by atoms with Crippen molar-refractivity contribution >= 4 is 17.5 Å². The lowest BCUT2D eigenvalue weighted by molar-refractivity contribution is -0.128. The normalized spacial score (nSPS) is 17.3. The van der Waals surface area contributed by atoms with E-state index in [2.05, 4.69) is 31.3 Å². The molecule has 0 spiro atoms.